The Balaban J connectivity index is 2.23. The minimum atomic E-state index is 0.275. The highest BCUT2D eigenvalue weighted by Gasteiger charge is 2.01. The molecule has 0 bridgehead atoms. The molecule has 2 heteroatoms. The lowest BCUT2D eigenvalue weighted by Gasteiger charge is -2.13. The molecule has 0 saturated heterocycles. The molecule has 0 radical (unpaired) electrons. The number of aliphatic hydroxyl groups is 1. The molecule has 1 atom stereocenters. The van der Waals surface area contributed by atoms with E-state index in [0.29, 0.717) is 6.04 Å². The summed E-state index contributed by atoms with van der Waals surface area (Å²) in [4.78, 5) is 0. The third kappa shape index (κ3) is 5.29. The Kier molecular flexibility index (Phi) is 6.12. The average Bonchev–Trinajstić information content (AvgIpc) is 2.27. The molecule has 1 aromatic carbocycles. The van der Waals surface area contributed by atoms with Crippen LogP contribution < -0.4 is 5.32 Å². The van der Waals surface area contributed by atoms with Crippen LogP contribution in [0.1, 0.15) is 30.9 Å². The summed E-state index contributed by atoms with van der Waals surface area (Å²) in [5, 5.41) is 12.1. The van der Waals surface area contributed by atoms with Gasteiger partial charge in [0.1, 0.15) is 0 Å². The van der Waals surface area contributed by atoms with Gasteiger partial charge in [0.15, 0.2) is 0 Å². The summed E-state index contributed by atoms with van der Waals surface area (Å²) in [6, 6.07) is 9.21. The Morgan fingerprint density at radius 3 is 2.88 bits per heavy atom. The van der Waals surface area contributed by atoms with Crippen molar-refractivity contribution in [3.05, 3.63) is 35.4 Å². The van der Waals surface area contributed by atoms with Crippen LogP contribution in [0.4, 0.5) is 0 Å². The topological polar surface area (TPSA) is 32.3 Å². The lowest BCUT2D eigenvalue weighted by molar-refractivity contribution is 0.283. The summed E-state index contributed by atoms with van der Waals surface area (Å²) in [6.45, 7) is 5.52. The molecule has 0 saturated carbocycles. The van der Waals surface area contributed by atoms with Crippen LogP contribution >= 0.6 is 0 Å². The van der Waals surface area contributed by atoms with Crippen molar-refractivity contribution >= 4 is 0 Å². The number of benzene rings is 1. The molecule has 2 N–H and O–H groups in total. The first kappa shape index (κ1) is 13.2. The number of aryl methyl sites for hydroxylation is 2. The van der Waals surface area contributed by atoms with Crippen molar-refractivity contribution in [3.63, 3.8) is 0 Å². The highest BCUT2D eigenvalue weighted by Crippen LogP contribution is 2.07. The van der Waals surface area contributed by atoms with Crippen molar-refractivity contribution in [2.75, 3.05) is 13.2 Å². The third-order valence-corrected chi connectivity index (χ3v) is 2.78. The standard InChI is InChI=1S/C14H23NO/c1-12-5-3-6-14(11-12)8-7-13(2)15-9-4-10-16/h3,5-6,11,13,15-16H,4,7-10H2,1-2H3. The van der Waals surface area contributed by atoms with Crippen LogP contribution in [0.5, 0.6) is 0 Å². The maximum Gasteiger partial charge on any atom is 0.0443 e. The zero-order chi connectivity index (χ0) is 11.8. The normalized spacial score (nSPS) is 12.7. The molecule has 1 unspecified atom stereocenters. The predicted octanol–water partition coefficient (Wildman–Crippen LogP) is 2.29. The molecule has 0 heterocycles. The molecule has 90 valence electrons. The van der Waals surface area contributed by atoms with E-state index in [-0.39, 0.29) is 6.61 Å². The van der Waals surface area contributed by atoms with Crippen molar-refractivity contribution in [1.29, 1.82) is 0 Å². The molecule has 0 aliphatic rings. The highest BCUT2D eigenvalue weighted by atomic mass is 16.3. The average molecular weight is 221 g/mol. The molecular weight excluding hydrogens is 198 g/mol. The van der Waals surface area contributed by atoms with E-state index in [4.69, 9.17) is 5.11 Å². The van der Waals surface area contributed by atoms with Gasteiger partial charge in [0, 0.05) is 12.6 Å². The van der Waals surface area contributed by atoms with Gasteiger partial charge in [-0.2, -0.15) is 0 Å². The van der Waals surface area contributed by atoms with E-state index in [9.17, 15) is 0 Å². The fraction of sp³-hybridized carbons (Fsp3) is 0.571. The van der Waals surface area contributed by atoms with Gasteiger partial charge in [-0.15, -0.1) is 0 Å². The molecule has 1 aromatic rings. The van der Waals surface area contributed by atoms with E-state index in [2.05, 4.69) is 43.4 Å². The second-order valence-electron chi connectivity index (χ2n) is 4.46. The lowest BCUT2D eigenvalue weighted by Crippen LogP contribution is -2.27. The van der Waals surface area contributed by atoms with E-state index < -0.39 is 0 Å². The van der Waals surface area contributed by atoms with Crippen molar-refractivity contribution in [3.8, 4) is 0 Å². The first-order valence-electron chi connectivity index (χ1n) is 6.12. The molecular formula is C14H23NO. The van der Waals surface area contributed by atoms with Crippen LogP contribution in [0, 0.1) is 6.92 Å². The largest absolute Gasteiger partial charge is 0.396 e. The molecule has 16 heavy (non-hydrogen) atoms. The van der Waals surface area contributed by atoms with Crippen LogP contribution in [-0.4, -0.2) is 24.3 Å². The van der Waals surface area contributed by atoms with E-state index in [1.807, 2.05) is 0 Å². The highest BCUT2D eigenvalue weighted by molar-refractivity contribution is 5.22. The fourth-order valence-electron chi connectivity index (χ4n) is 1.78. The van der Waals surface area contributed by atoms with Gasteiger partial charge in [-0.1, -0.05) is 29.8 Å². The van der Waals surface area contributed by atoms with Gasteiger partial charge in [0.2, 0.25) is 0 Å². The summed E-state index contributed by atoms with van der Waals surface area (Å²) >= 11 is 0. The number of aliphatic hydroxyl groups excluding tert-OH is 1. The van der Waals surface area contributed by atoms with Crippen LogP contribution in [0.2, 0.25) is 0 Å². The Labute approximate surface area is 98.7 Å². The smallest absolute Gasteiger partial charge is 0.0443 e. The molecule has 0 fully saturated rings. The zero-order valence-corrected chi connectivity index (χ0v) is 10.4. The fourth-order valence-corrected chi connectivity index (χ4v) is 1.78. The Morgan fingerprint density at radius 2 is 2.19 bits per heavy atom. The second kappa shape index (κ2) is 7.42. The summed E-state index contributed by atoms with van der Waals surface area (Å²) in [5.41, 5.74) is 2.74. The lowest BCUT2D eigenvalue weighted by atomic mass is 10.0. The van der Waals surface area contributed by atoms with Crippen LogP contribution in [0.15, 0.2) is 24.3 Å². The van der Waals surface area contributed by atoms with Gasteiger partial charge in [-0.05, 0) is 45.2 Å². The molecule has 2 nitrogen and oxygen atoms in total. The Bertz CT molecular complexity index is 299. The third-order valence-electron chi connectivity index (χ3n) is 2.78. The summed E-state index contributed by atoms with van der Waals surface area (Å²) in [7, 11) is 0. The van der Waals surface area contributed by atoms with Crippen molar-refractivity contribution in [2.45, 2.75) is 39.2 Å². The van der Waals surface area contributed by atoms with E-state index in [1.54, 1.807) is 0 Å². The summed E-state index contributed by atoms with van der Waals surface area (Å²) < 4.78 is 0. The number of hydrogen-bond acceptors (Lipinski definition) is 2. The maximum absolute atomic E-state index is 8.68. The first-order valence-corrected chi connectivity index (χ1v) is 6.12. The SMILES string of the molecule is Cc1cccc(CCC(C)NCCCO)c1. The predicted molar refractivity (Wildman–Crippen MR) is 68.7 cm³/mol. The molecule has 0 spiro atoms. The van der Waals surface area contributed by atoms with Gasteiger partial charge in [-0.25, -0.2) is 0 Å². The quantitative estimate of drug-likeness (QED) is 0.692. The molecule has 0 amide bonds. The van der Waals surface area contributed by atoms with E-state index >= 15 is 0 Å². The van der Waals surface area contributed by atoms with Gasteiger partial charge in [0.05, 0.1) is 0 Å². The second-order valence-corrected chi connectivity index (χ2v) is 4.46. The van der Waals surface area contributed by atoms with Crippen LogP contribution in [-0.2, 0) is 6.42 Å². The molecule has 0 aliphatic heterocycles. The van der Waals surface area contributed by atoms with Gasteiger partial charge < -0.3 is 10.4 Å². The summed E-state index contributed by atoms with van der Waals surface area (Å²) in [5.74, 6) is 0. The Morgan fingerprint density at radius 1 is 1.38 bits per heavy atom. The van der Waals surface area contributed by atoms with E-state index in [0.717, 1.165) is 25.8 Å². The van der Waals surface area contributed by atoms with Gasteiger partial charge >= 0.3 is 0 Å². The molecule has 0 aliphatic carbocycles. The maximum atomic E-state index is 8.68. The van der Waals surface area contributed by atoms with Crippen molar-refractivity contribution in [1.82, 2.24) is 5.32 Å². The molecule has 1 rings (SSSR count). The minimum Gasteiger partial charge on any atom is -0.396 e. The summed E-state index contributed by atoms with van der Waals surface area (Å²) in [6.07, 6.45) is 3.11. The minimum absolute atomic E-state index is 0.275. The Hall–Kier alpha value is -0.860. The number of nitrogens with one attached hydrogen (secondary N) is 1. The van der Waals surface area contributed by atoms with Gasteiger partial charge in [0.25, 0.3) is 0 Å². The first-order chi connectivity index (χ1) is 7.72. The van der Waals surface area contributed by atoms with E-state index in [1.165, 1.54) is 11.1 Å². The number of rotatable bonds is 7. The van der Waals surface area contributed by atoms with Crippen LogP contribution in [0.3, 0.4) is 0 Å². The van der Waals surface area contributed by atoms with Crippen molar-refractivity contribution in [2.24, 2.45) is 0 Å². The van der Waals surface area contributed by atoms with Crippen molar-refractivity contribution < 1.29 is 5.11 Å². The monoisotopic (exact) mass is 221 g/mol. The molecule has 0 aromatic heterocycles. The zero-order valence-electron chi connectivity index (χ0n) is 10.4. The number of hydrogen-bond donors (Lipinski definition) is 2. The van der Waals surface area contributed by atoms with Gasteiger partial charge in [-0.3, -0.25) is 0 Å². The van der Waals surface area contributed by atoms with Crippen LogP contribution in [0.25, 0.3) is 0 Å².